The lowest BCUT2D eigenvalue weighted by atomic mass is 10.0. The van der Waals surface area contributed by atoms with Crippen molar-refractivity contribution in [3.05, 3.63) is 58.7 Å². The highest BCUT2D eigenvalue weighted by Gasteiger charge is 2.24. The van der Waals surface area contributed by atoms with Crippen LogP contribution in [0, 0.1) is 20.8 Å². The van der Waals surface area contributed by atoms with E-state index in [0.29, 0.717) is 34.4 Å². The molecule has 2 aromatic carbocycles. The van der Waals surface area contributed by atoms with E-state index in [0.717, 1.165) is 32.4 Å². The second kappa shape index (κ2) is 10.1. The number of hydrogen-bond acceptors (Lipinski definition) is 8. The maximum Gasteiger partial charge on any atom is 0.338 e. The number of thioether (sulfide) groups is 1. The number of anilines is 1. The minimum atomic E-state index is -0.392. The zero-order valence-electron chi connectivity index (χ0n) is 21.3. The van der Waals surface area contributed by atoms with Crippen molar-refractivity contribution in [2.45, 2.75) is 51.4 Å². The van der Waals surface area contributed by atoms with Crippen molar-refractivity contribution in [1.82, 2.24) is 19.6 Å². The first kappa shape index (κ1) is 25.2. The van der Waals surface area contributed by atoms with E-state index >= 15 is 0 Å². The minimum absolute atomic E-state index is 0.155. The average Bonchev–Trinajstić information content (AvgIpc) is 3.45. The Hall–Kier alpha value is -3.50. The number of carbonyl (C=O) groups excluding carboxylic acids is 2. The number of aromatic nitrogens is 4. The van der Waals surface area contributed by atoms with Gasteiger partial charge in [0.2, 0.25) is 5.91 Å². The molecule has 0 aliphatic heterocycles. The first-order valence-corrected chi connectivity index (χ1v) is 13.8. The summed E-state index contributed by atoms with van der Waals surface area (Å²) in [6.07, 6.45) is 0.602. The molecule has 0 aliphatic carbocycles. The summed E-state index contributed by atoms with van der Waals surface area (Å²) in [7, 11) is 0. The van der Waals surface area contributed by atoms with Crippen LogP contribution in [0.1, 0.15) is 47.3 Å². The van der Waals surface area contributed by atoms with Gasteiger partial charge in [-0.2, -0.15) is 0 Å². The van der Waals surface area contributed by atoms with Gasteiger partial charge in [0.25, 0.3) is 0 Å². The van der Waals surface area contributed by atoms with E-state index in [1.165, 1.54) is 28.7 Å². The second-order valence-corrected chi connectivity index (χ2v) is 11.1. The first-order chi connectivity index (χ1) is 17.8. The molecule has 10 heteroatoms. The number of carbonyl (C=O) groups is 2. The first-order valence-electron chi connectivity index (χ1n) is 12.1. The molecule has 0 spiro atoms. The molecule has 3 aromatic heterocycles. The van der Waals surface area contributed by atoms with Crippen LogP contribution >= 0.6 is 23.1 Å². The number of hydrogen-bond donors (Lipinski definition) is 1. The van der Waals surface area contributed by atoms with E-state index < -0.39 is 5.25 Å². The summed E-state index contributed by atoms with van der Waals surface area (Å²) in [5.41, 5.74) is 6.48. The number of thiazole rings is 1. The summed E-state index contributed by atoms with van der Waals surface area (Å²) in [4.78, 5) is 29.9. The number of fused-ring (bicyclic) bond motifs is 4. The van der Waals surface area contributed by atoms with Gasteiger partial charge < -0.3 is 10.1 Å². The zero-order chi connectivity index (χ0) is 26.3. The highest BCUT2D eigenvalue weighted by Crippen LogP contribution is 2.33. The van der Waals surface area contributed by atoms with Crippen molar-refractivity contribution in [1.29, 1.82) is 0 Å². The van der Waals surface area contributed by atoms with Gasteiger partial charge in [-0.05, 0) is 75.6 Å². The minimum Gasteiger partial charge on any atom is -0.462 e. The van der Waals surface area contributed by atoms with E-state index in [4.69, 9.17) is 4.74 Å². The molecule has 0 saturated carbocycles. The van der Waals surface area contributed by atoms with Gasteiger partial charge in [-0.15, -0.1) is 10.2 Å². The largest absolute Gasteiger partial charge is 0.462 e. The Labute approximate surface area is 222 Å². The molecule has 0 radical (unpaired) electrons. The number of benzene rings is 2. The fraction of sp³-hybridized carbons (Fsp3) is 0.296. The zero-order valence-corrected chi connectivity index (χ0v) is 22.9. The number of esters is 1. The Morgan fingerprint density at radius 2 is 1.89 bits per heavy atom. The maximum absolute atomic E-state index is 13.3. The van der Waals surface area contributed by atoms with Gasteiger partial charge in [0.1, 0.15) is 0 Å². The van der Waals surface area contributed by atoms with Crippen molar-refractivity contribution < 1.29 is 14.3 Å². The Morgan fingerprint density at radius 3 is 2.65 bits per heavy atom. The molecule has 37 heavy (non-hydrogen) atoms. The topological polar surface area (TPSA) is 98.5 Å². The molecular weight excluding hydrogens is 506 g/mol. The van der Waals surface area contributed by atoms with E-state index in [2.05, 4.69) is 53.4 Å². The number of rotatable bonds is 7. The predicted molar refractivity (Wildman–Crippen MR) is 149 cm³/mol. The molecule has 1 unspecified atom stereocenters. The third-order valence-corrected chi connectivity index (χ3v) is 8.38. The van der Waals surface area contributed by atoms with Crippen molar-refractivity contribution in [3.8, 4) is 0 Å². The van der Waals surface area contributed by atoms with Gasteiger partial charge in [-0.1, -0.05) is 41.7 Å². The van der Waals surface area contributed by atoms with Crippen LogP contribution in [0.5, 0.6) is 0 Å². The molecule has 190 valence electrons. The Kier molecular flexibility index (Phi) is 6.87. The van der Waals surface area contributed by atoms with E-state index in [-0.39, 0.29) is 11.9 Å². The van der Waals surface area contributed by atoms with Crippen LogP contribution in [-0.2, 0) is 9.53 Å². The average molecular weight is 534 g/mol. The lowest BCUT2D eigenvalue weighted by molar-refractivity contribution is -0.115. The molecular formula is C27H27N5O3S2. The normalized spacial score (nSPS) is 12.4. The van der Waals surface area contributed by atoms with Crippen molar-refractivity contribution in [2.75, 3.05) is 11.9 Å². The third-order valence-electron chi connectivity index (χ3n) is 6.14. The van der Waals surface area contributed by atoms with Crippen molar-refractivity contribution in [3.63, 3.8) is 0 Å². The van der Waals surface area contributed by atoms with Gasteiger partial charge in [-0.3, -0.25) is 9.20 Å². The molecule has 5 aromatic rings. The number of nitrogens with one attached hydrogen (secondary N) is 1. The summed E-state index contributed by atoms with van der Waals surface area (Å²) in [6.45, 7) is 10.3. The lowest BCUT2D eigenvalue weighted by Crippen LogP contribution is -2.24. The van der Waals surface area contributed by atoms with Crippen molar-refractivity contribution in [2.24, 2.45) is 0 Å². The monoisotopic (exact) mass is 533 g/mol. The smallest absolute Gasteiger partial charge is 0.338 e. The van der Waals surface area contributed by atoms with Crippen LogP contribution in [0.4, 0.5) is 5.13 Å². The molecule has 8 nitrogen and oxygen atoms in total. The van der Waals surface area contributed by atoms with Gasteiger partial charge in [0.05, 0.1) is 33.2 Å². The highest BCUT2D eigenvalue weighted by molar-refractivity contribution is 8.00. The fourth-order valence-electron chi connectivity index (χ4n) is 4.44. The van der Waals surface area contributed by atoms with E-state index in [1.54, 1.807) is 25.1 Å². The molecule has 3 heterocycles. The maximum atomic E-state index is 13.3. The predicted octanol–water partition coefficient (Wildman–Crippen LogP) is 6.10. The van der Waals surface area contributed by atoms with Crippen LogP contribution in [0.2, 0.25) is 0 Å². The number of nitrogens with zero attached hydrogens (tertiary/aromatic N) is 4. The van der Waals surface area contributed by atoms with Crippen LogP contribution < -0.4 is 5.32 Å². The summed E-state index contributed by atoms with van der Waals surface area (Å²) < 4.78 is 7.93. The number of amides is 1. The second-order valence-electron chi connectivity index (χ2n) is 8.91. The summed E-state index contributed by atoms with van der Waals surface area (Å²) in [5.74, 6) is -0.530. The number of pyridine rings is 1. The van der Waals surface area contributed by atoms with Crippen molar-refractivity contribution >= 4 is 66.9 Å². The van der Waals surface area contributed by atoms with E-state index in [1.807, 2.05) is 17.4 Å². The third kappa shape index (κ3) is 4.78. The Bertz CT molecular complexity index is 1670. The summed E-state index contributed by atoms with van der Waals surface area (Å²) in [6, 6.07) is 11.6. The SMILES string of the molecule is CCOC(=O)c1ccc2nc(NC(=O)C(CC)Sc3nnc4cc(C)c5cc(C)cc(C)c5n34)sc2c1. The number of aryl methyl sites for hydroxylation is 3. The molecule has 0 fully saturated rings. The van der Waals surface area contributed by atoms with Crippen LogP contribution in [-0.4, -0.2) is 43.3 Å². The van der Waals surface area contributed by atoms with Gasteiger partial charge in [0.15, 0.2) is 15.9 Å². The Balaban J connectivity index is 1.42. The molecule has 0 saturated heterocycles. The molecule has 5 rings (SSSR count). The lowest BCUT2D eigenvalue weighted by Gasteiger charge is -2.14. The quantitative estimate of drug-likeness (QED) is 0.199. The molecule has 1 N–H and O–H groups in total. The molecule has 0 bridgehead atoms. The van der Waals surface area contributed by atoms with Crippen LogP contribution in [0.25, 0.3) is 26.8 Å². The highest BCUT2D eigenvalue weighted by atomic mass is 32.2. The fourth-order valence-corrected chi connectivity index (χ4v) is 6.32. The number of ether oxygens (including phenoxy) is 1. The summed E-state index contributed by atoms with van der Waals surface area (Å²) >= 11 is 2.72. The van der Waals surface area contributed by atoms with E-state index in [9.17, 15) is 9.59 Å². The molecule has 1 atom stereocenters. The van der Waals surface area contributed by atoms with Gasteiger partial charge in [-0.25, -0.2) is 9.78 Å². The summed E-state index contributed by atoms with van der Waals surface area (Å²) in [5, 5.41) is 13.7. The van der Waals surface area contributed by atoms with Gasteiger partial charge >= 0.3 is 5.97 Å². The van der Waals surface area contributed by atoms with Crippen LogP contribution in [0.15, 0.2) is 41.6 Å². The Morgan fingerprint density at radius 1 is 1.08 bits per heavy atom. The molecule has 0 aliphatic rings. The standard InChI is InChI=1S/C27H27N5O3S2/c1-6-20(24(33)29-26-28-19-9-8-17(13-21(19)36-26)25(34)35-7-2)37-27-31-30-22-12-15(4)18-11-14(3)10-16(5)23(18)32(22)27/h8-13,20H,6-7H2,1-5H3,(H,28,29,33). The molecule has 1 amide bonds. The van der Waals surface area contributed by atoms with Gasteiger partial charge in [0, 0.05) is 5.39 Å². The van der Waals surface area contributed by atoms with Crippen LogP contribution in [0.3, 0.4) is 0 Å².